The second-order valence-electron chi connectivity index (χ2n) is 4.02. The lowest BCUT2D eigenvalue weighted by molar-refractivity contribution is 1.04. The highest BCUT2D eigenvalue weighted by Gasteiger charge is 2.04. The van der Waals surface area contributed by atoms with Crippen LogP contribution in [0.25, 0.3) is 0 Å². The normalized spacial score (nSPS) is 10.3. The molecule has 3 N–H and O–H groups in total. The molecule has 0 spiro atoms. The SMILES string of the molecule is Cc1ccc(C)c(Sc2cnc(C(=N)N)cn2)c1. The first-order chi connectivity index (χ1) is 8.56. The van der Waals surface area contributed by atoms with Crippen LogP contribution in [0.3, 0.4) is 0 Å². The summed E-state index contributed by atoms with van der Waals surface area (Å²) in [4.78, 5) is 9.51. The molecule has 1 heterocycles. The molecule has 0 saturated heterocycles. The highest BCUT2D eigenvalue weighted by Crippen LogP contribution is 2.28. The van der Waals surface area contributed by atoms with Crippen LogP contribution in [0.15, 0.2) is 40.5 Å². The highest BCUT2D eigenvalue weighted by atomic mass is 32.2. The van der Waals surface area contributed by atoms with Gasteiger partial charge in [-0.25, -0.2) is 9.97 Å². The number of hydrogen-bond acceptors (Lipinski definition) is 4. The minimum atomic E-state index is -0.0641. The number of nitrogens with zero attached hydrogens (tertiary/aromatic N) is 2. The first-order valence-corrected chi connectivity index (χ1v) is 6.29. The number of amidine groups is 1. The van der Waals surface area contributed by atoms with Crippen molar-refractivity contribution in [1.29, 1.82) is 5.41 Å². The van der Waals surface area contributed by atoms with Crippen LogP contribution in [0, 0.1) is 19.3 Å². The van der Waals surface area contributed by atoms with Gasteiger partial charge >= 0.3 is 0 Å². The fourth-order valence-corrected chi connectivity index (χ4v) is 2.35. The first kappa shape index (κ1) is 12.6. The molecule has 18 heavy (non-hydrogen) atoms. The van der Waals surface area contributed by atoms with Crippen LogP contribution in [0.2, 0.25) is 0 Å². The van der Waals surface area contributed by atoms with Crippen LogP contribution in [0.4, 0.5) is 0 Å². The Morgan fingerprint density at radius 3 is 2.61 bits per heavy atom. The van der Waals surface area contributed by atoms with Gasteiger partial charge in [0.15, 0.2) is 0 Å². The molecule has 0 aliphatic carbocycles. The Bertz CT molecular complexity index is 578. The fourth-order valence-electron chi connectivity index (χ4n) is 1.44. The Kier molecular flexibility index (Phi) is 3.62. The van der Waals surface area contributed by atoms with Crippen LogP contribution in [-0.4, -0.2) is 15.8 Å². The second kappa shape index (κ2) is 5.18. The van der Waals surface area contributed by atoms with E-state index in [-0.39, 0.29) is 5.84 Å². The van der Waals surface area contributed by atoms with Crippen LogP contribution in [0.1, 0.15) is 16.8 Å². The second-order valence-corrected chi connectivity index (χ2v) is 5.09. The van der Waals surface area contributed by atoms with Crippen LogP contribution >= 0.6 is 11.8 Å². The number of aryl methyl sites for hydroxylation is 2. The lowest BCUT2D eigenvalue weighted by atomic mass is 10.2. The van der Waals surface area contributed by atoms with Gasteiger partial charge in [0.1, 0.15) is 16.6 Å². The lowest BCUT2D eigenvalue weighted by Crippen LogP contribution is -2.13. The molecule has 4 nitrogen and oxygen atoms in total. The molecule has 1 aromatic heterocycles. The van der Waals surface area contributed by atoms with Crippen molar-refractivity contribution in [3.8, 4) is 0 Å². The molecule has 92 valence electrons. The molecule has 2 aromatic rings. The Hall–Kier alpha value is -1.88. The summed E-state index contributed by atoms with van der Waals surface area (Å²) in [6, 6.07) is 6.31. The molecule has 2 rings (SSSR count). The molecule has 0 amide bonds. The molecule has 5 heteroatoms. The number of nitrogens with one attached hydrogen (secondary N) is 1. The van der Waals surface area contributed by atoms with Crippen molar-refractivity contribution in [2.24, 2.45) is 5.73 Å². The summed E-state index contributed by atoms with van der Waals surface area (Å²) in [6.07, 6.45) is 3.17. The number of aromatic nitrogens is 2. The largest absolute Gasteiger partial charge is 0.382 e. The van der Waals surface area contributed by atoms with E-state index in [1.807, 2.05) is 0 Å². The zero-order valence-corrected chi connectivity index (χ0v) is 11.1. The summed E-state index contributed by atoms with van der Waals surface area (Å²) >= 11 is 1.56. The average Bonchev–Trinajstić information content (AvgIpc) is 2.34. The molecular formula is C13H14N4S. The Morgan fingerprint density at radius 1 is 1.22 bits per heavy atom. The number of hydrogen-bond donors (Lipinski definition) is 2. The van der Waals surface area contributed by atoms with Gasteiger partial charge < -0.3 is 5.73 Å². The zero-order valence-electron chi connectivity index (χ0n) is 10.3. The van der Waals surface area contributed by atoms with E-state index in [4.69, 9.17) is 11.1 Å². The van der Waals surface area contributed by atoms with E-state index in [0.29, 0.717) is 5.69 Å². The summed E-state index contributed by atoms with van der Waals surface area (Å²) in [5.41, 5.74) is 8.17. The van der Waals surface area contributed by atoms with E-state index in [2.05, 4.69) is 42.0 Å². The summed E-state index contributed by atoms with van der Waals surface area (Å²) < 4.78 is 0. The molecule has 0 radical (unpaired) electrons. The van der Waals surface area contributed by atoms with Crippen LogP contribution in [0.5, 0.6) is 0 Å². The minimum absolute atomic E-state index is 0.0641. The van der Waals surface area contributed by atoms with Crippen LogP contribution < -0.4 is 5.73 Å². The molecule has 0 aliphatic heterocycles. The zero-order chi connectivity index (χ0) is 13.1. The van der Waals surface area contributed by atoms with Gasteiger partial charge in [0.25, 0.3) is 0 Å². The highest BCUT2D eigenvalue weighted by molar-refractivity contribution is 7.99. The lowest BCUT2D eigenvalue weighted by Gasteiger charge is -2.06. The van der Waals surface area contributed by atoms with Crippen molar-refractivity contribution in [2.75, 3.05) is 0 Å². The van der Waals surface area contributed by atoms with Crippen LogP contribution in [-0.2, 0) is 0 Å². The van der Waals surface area contributed by atoms with E-state index >= 15 is 0 Å². The quantitative estimate of drug-likeness (QED) is 0.655. The van der Waals surface area contributed by atoms with E-state index in [1.165, 1.54) is 22.2 Å². The van der Waals surface area contributed by atoms with Crippen molar-refractivity contribution in [3.05, 3.63) is 47.4 Å². The maximum atomic E-state index is 7.26. The number of benzene rings is 1. The summed E-state index contributed by atoms with van der Waals surface area (Å²) in [5, 5.41) is 8.06. The topological polar surface area (TPSA) is 75.7 Å². The molecule has 0 bridgehead atoms. The molecule has 0 unspecified atom stereocenters. The Balaban J connectivity index is 2.23. The third-order valence-corrected chi connectivity index (χ3v) is 3.54. The van der Waals surface area contributed by atoms with E-state index in [1.54, 1.807) is 18.0 Å². The molecule has 1 aromatic carbocycles. The summed E-state index contributed by atoms with van der Waals surface area (Å²) in [6.45, 7) is 4.13. The monoisotopic (exact) mass is 258 g/mol. The molecule has 0 saturated carbocycles. The maximum Gasteiger partial charge on any atom is 0.143 e. The predicted octanol–water partition coefficient (Wildman–Crippen LogP) is 2.53. The number of rotatable bonds is 3. The fraction of sp³-hybridized carbons (Fsp3) is 0.154. The Labute approximate surface area is 110 Å². The predicted molar refractivity (Wildman–Crippen MR) is 73.1 cm³/mol. The van der Waals surface area contributed by atoms with Gasteiger partial charge in [-0.2, -0.15) is 0 Å². The van der Waals surface area contributed by atoms with Gasteiger partial charge in [-0.05, 0) is 31.0 Å². The van der Waals surface area contributed by atoms with Gasteiger partial charge in [0.2, 0.25) is 0 Å². The smallest absolute Gasteiger partial charge is 0.143 e. The number of nitrogens with two attached hydrogens (primary N) is 1. The third-order valence-electron chi connectivity index (χ3n) is 2.46. The van der Waals surface area contributed by atoms with Crippen molar-refractivity contribution in [3.63, 3.8) is 0 Å². The van der Waals surface area contributed by atoms with Crippen molar-refractivity contribution >= 4 is 17.6 Å². The summed E-state index contributed by atoms with van der Waals surface area (Å²) in [7, 11) is 0. The van der Waals surface area contributed by atoms with Crippen molar-refractivity contribution in [2.45, 2.75) is 23.8 Å². The molecular weight excluding hydrogens is 244 g/mol. The van der Waals surface area contributed by atoms with Gasteiger partial charge in [-0.15, -0.1) is 0 Å². The molecule has 0 aliphatic rings. The molecule has 0 fully saturated rings. The molecule has 0 atom stereocenters. The third kappa shape index (κ3) is 2.87. The van der Waals surface area contributed by atoms with Gasteiger partial charge in [-0.1, -0.05) is 23.9 Å². The van der Waals surface area contributed by atoms with Gasteiger partial charge in [0, 0.05) is 4.90 Å². The van der Waals surface area contributed by atoms with Crippen molar-refractivity contribution < 1.29 is 0 Å². The number of nitrogen functional groups attached to an aromatic ring is 1. The Morgan fingerprint density at radius 2 is 2.00 bits per heavy atom. The van der Waals surface area contributed by atoms with E-state index in [9.17, 15) is 0 Å². The minimum Gasteiger partial charge on any atom is -0.382 e. The van der Waals surface area contributed by atoms with Gasteiger partial charge in [-0.3, -0.25) is 5.41 Å². The average molecular weight is 258 g/mol. The van der Waals surface area contributed by atoms with E-state index < -0.39 is 0 Å². The first-order valence-electron chi connectivity index (χ1n) is 5.48. The standard InChI is InChI=1S/C13H14N4S/c1-8-3-4-9(2)11(5-8)18-12-7-16-10(6-17-12)13(14)15/h3-7H,1-2H3,(H3,14,15). The maximum absolute atomic E-state index is 7.26. The summed E-state index contributed by atoms with van der Waals surface area (Å²) in [5.74, 6) is -0.0641. The van der Waals surface area contributed by atoms with Gasteiger partial charge in [0.05, 0.1) is 12.4 Å². The van der Waals surface area contributed by atoms with Crippen molar-refractivity contribution in [1.82, 2.24) is 9.97 Å². The van der Waals surface area contributed by atoms with E-state index in [0.717, 1.165) is 5.03 Å².